The van der Waals surface area contributed by atoms with Gasteiger partial charge in [0.15, 0.2) is 22.7 Å². The van der Waals surface area contributed by atoms with E-state index in [0.717, 1.165) is 5.56 Å². The number of nitrogens with one attached hydrogen (secondary N) is 1. The molecule has 128 valence electrons. The number of amides is 1. The van der Waals surface area contributed by atoms with Crippen LogP contribution >= 0.6 is 0 Å². The summed E-state index contributed by atoms with van der Waals surface area (Å²) in [7, 11) is 3.09. The molecule has 3 rings (SSSR count). The Kier molecular flexibility index (Phi) is 4.29. The third-order valence-corrected chi connectivity index (χ3v) is 3.36. The Hall–Kier alpha value is -3.49. The van der Waals surface area contributed by atoms with E-state index in [-0.39, 0.29) is 28.9 Å². The molecule has 0 saturated heterocycles. The molecule has 0 atom stereocenters. The van der Waals surface area contributed by atoms with Crippen LogP contribution in [0, 0.1) is 0 Å². The minimum absolute atomic E-state index is 0.0364. The van der Waals surface area contributed by atoms with E-state index in [1.807, 2.05) is 0 Å². The fourth-order valence-electron chi connectivity index (χ4n) is 2.24. The number of hydrogen-bond acceptors (Lipinski definition) is 8. The number of fused-ring (bicyclic) bond motifs is 1. The lowest BCUT2D eigenvalue weighted by atomic mass is 10.1. The Balaban J connectivity index is 2.07. The van der Waals surface area contributed by atoms with Gasteiger partial charge in [-0.25, -0.2) is 9.97 Å². The van der Waals surface area contributed by atoms with E-state index < -0.39 is 0 Å². The summed E-state index contributed by atoms with van der Waals surface area (Å²) in [5.41, 5.74) is 1.51. The van der Waals surface area contributed by atoms with Gasteiger partial charge in [-0.3, -0.25) is 10.1 Å². The number of aromatic hydroxyl groups is 1. The van der Waals surface area contributed by atoms with Crippen LogP contribution in [-0.4, -0.2) is 45.2 Å². The van der Waals surface area contributed by atoms with Gasteiger partial charge in [-0.05, 0) is 18.2 Å². The van der Waals surface area contributed by atoms with Crippen molar-refractivity contribution in [2.24, 2.45) is 0 Å². The molecule has 0 radical (unpaired) electrons. The van der Waals surface area contributed by atoms with Crippen LogP contribution in [0.25, 0.3) is 22.4 Å². The number of ether oxygens (including phenoxy) is 2. The molecule has 0 unspecified atom stereocenters. The van der Waals surface area contributed by atoms with Crippen LogP contribution < -0.4 is 14.8 Å². The first-order chi connectivity index (χ1) is 12.0. The number of aromatic nitrogens is 4. The first-order valence-corrected chi connectivity index (χ1v) is 7.25. The SMILES string of the molecule is COc1ccc(-c2cnc3nc(NC(C)=O)nc(O)c3n2)cc1OC. The lowest BCUT2D eigenvalue weighted by molar-refractivity contribution is -0.114. The molecule has 2 aromatic heterocycles. The quantitative estimate of drug-likeness (QED) is 0.737. The smallest absolute Gasteiger partial charge is 0.244 e. The van der Waals surface area contributed by atoms with Crippen LogP contribution in [0.3, 0.4) is 0 Å². The summed E-state index contributed by atoms with van der Waals surface area (Å²) in [5, 5.41) is 12.5. The molecule has 0 bridgehead atoms. The topological polar surface area (TPSA) is 119 Å². The second kappa shape index (κ2) is 6.56. The van der Waals surface area contributed by atoms with Crippen LogP contribution in [0.5, 0.6) is 17.4 Å². The van der Waals surface area contributed by atoms with E-state index >= 15 is 0 Å². The summed E-state index contributed by atoms with van der Waals surface area (Å²) in [6.07, 6.45) is 1.51. The summed E-state index contributed by atoms with van der Waals surface area (Å²) < 4.78 is 10.5. The molecule has 3 aromatic rings. The summed E-state index contributed by atoms with van der Waals surface area (Å²) in [5.74, 6) is 0.373. The largest absolute Gasteiger partial charge is 0.493 e. The van der Waals surface area contributed by atoms with Gasteiger partial charge in [-0.1, -0.05) is 0 Å². The van der Waals surface area contributed by atoms with Crippen molar-refractivity contribution in [2.45, 2.75) is 6.92 Å². The van der Waals surface area contributed by atoms with E-state index in [9.17, 15) is 9.90 Å². The molecule has 2 N–H and O–H groups in total. The van der Waals surface area contributed by atoms with Gasteiger partial charge in [0.05, 0.1) is 26.1 Å². The number of rotatable bonds is 4. The summed E-state index contributed by atoms with van der Waals surface area (Å²) in [4.78, 5) is 27.5. The molecule has 25 heavy (non-hydrogen) atoms. The van der Waals surface area contributed by atoms with Gasteiger partial charge in [-0.2, -0.15) is 9.97 Å². The number of nitrogens with zero attached hydrogens (tertiary/aromatic N) is 4. The van der Waals surface area contributed by atoms with Crippen molar-refractivity contribution >= 4 is 23.0 Å². The van der Waals surface area contributed by atoms with E-state index in [1.54, 1.807) is 25.3 Å². The highest BCUT2D eigenvalue weighted by Gasteiger charge is 2.13. The molecular weight excluding hydrogens is 326 g/mol. The highest BCUT2D eigenvalue weighted by atomic mass is 16.5. The lowest BCUT2D eigenvalue weighted by Crippen LogP contribution is -2.09. The average Bonchev–Trinajstić information content (AvgIpc) is 2.60. The van der Waals surface area contributed by atoms with Crippen molar-refractivity contribution in [1.82, 2.24) is 19.9 Å². The van der Waals surface area contributed by atoms with Gasteiger partial charge in [-0.15, -0.1) is 0 Å². The molecule has 0 aliphatic heterocycles. The van der Waals surface area contributed by atoms with Crippen molar-refractivity contribution < 1.29 is 19.4 Å². The Bertz CT molecular complexity index is 961. The zero-order valence-corrected chi connectivity index (χ0v) is 13.8. The predicted octanol–water partition coefficient (Wildman–Crippen LogP) is 1.77. The lowest BCUT2D eigenvalue weighted by Gasteiger charge is -2.10. The standard InChI is InChI=1S/C16H15N5O4/c1-8(22)18-16-20-14-13(15(23)21-16)19-10(7-17-14)9-4-5-11(24-2)12(6-9)25-3/h4-7H,1-3H3,(H2,17,18,20,21,22,23). The van der Waals surface area contributed by atoms with Crippen LogP contribution in [-0.2, 0) is 4.79 Å². The van der Waals surface area contributed by atoms with Crippen molar-refractivity contribution in [3.05, 3.63) is 24.4 Å². The number of carbonyl (C=O) groups is 1. The van der Waals surface area contributed by atoms with Gasteiger partial charge in [0.25, 0.3) is 0 Å². The molecule has 0 fully saturated rings. The Morgan fingerprint density at radius 2 is 1.88 bits per heavy atom. The monoisotopic (exact) mass is 341 g/mol. The predicted molar refractivity (Wildman–Crippen MR) is 89.6 cm³/mol. The van der Waals surface area contributed by atoms with Crippen molar-refractivity contribution in [3.63, 3.8) is 0 Å². The first-order valence-electron chi connectivity index (χ1n) is 7.25. The first kappa shape index (κ1) is 16.4. The zero-order chi connectivity index (χ0) is 18.0. The molecule has 1 amide bonds. The summed E-state index contributed by atoms with van der Waals surface area (Å²) in [6.45, 7) is 1.32. The Labute approximate surface area is 142 Å². The van der Waals surface area contributed by atoms with Gasteiger partial charge in [0.2, 0.25) is 17.7 Å². The zero-order valence-electron chi connectivity index (χ0n) is 13.8. The maximum atomic E-state index is 11.1. The van der Waals surface area contributed by atoms with Crippen LogP contribution in [0.15, 0.2) is 24.4 Å². The average molecular weight is 341 g/mol. The van der Waals surface area contributed by atoms with E-state index in [0.29, 0.717) is 17.2 Å². The molecule has 0 saturated carbocycles. The minimum atomic E-state index is -0.372. The van der Waals surface area contributed by atoms with E-state index in [1.165, 1.54) is 20.2 Å². The molecule has 0 aliphatic carbocycles. The van der Waals surface area contributed by atoms with Crippen LogP contribution in [0.2, 0.25) is 0 Å². The van der Waals surface area contributed by atoms with Crippen LogP contribution in [0.1, 0.15) is 6.92 Å². The number of methoxy groups -OCH3 is 2. The summed E-state index contributed by atoms with van der Waals surface area (Å²) >= 11 is 0. The number of benzene rings is 1. The fraction of sp³-hybridized carbons (Fsp3) is 0.188. The molecule has 2 heterocycles. The maximum Gasteiger partial charge on any atom is 0.244 e. The van der Waals surface area contributed by atoms with Crippen LogP contribution in [0.4, 0.5) is 5.95 Å². The van der Waals surface area contributed by atoms with Crippen molar-refractivity contribution in [3.8, 4) is 28.6 Å². The third kappa shape index (κ3) is 3.25. The number of carbonyl (C=O) groups excluding carboxylic acids is 1. The molecule has 1 aromatic carbocycles. The van der Waals surface area contributed by atoms with Gasteiger partial charge >= 0.3 is 0 Å². The third-order valence-electron chi connectivity index (χ3n) is 3.36. The fourth-order valence-corrected chi connectivity index (χ4v) is 2.24. The summed E-state index contributed by atoms with van der Waals surface area (Å²) in [6, 6.07) is 5.29. The molecule has 0 spiro atoms. The molecule has 9 nitrogen and oxygen atoms in total. The molecular formula is C16H15N5O4. The highest BCUT2D eigenvalue weighted by Crippen LogP contribution is 2.32. The van der Waals surface area contributed by atoms with Crippen molar-refractivity contribution in [1.29, 1.82) is 0 Å². The molecule has 9 heteroatoms. The van der Waals surface area contributed by atoms with Crippen molar-refractivity contribution in [2.75, 3.05) is 19.5 Å². The highest BCUT2D eigenvalue weighted by molar-refractivity contribution is 5.88. The number of hydrogen-bond donors (Lipinski definition) is 2. The Morgan fingerprint density at radius 1 is 1.12 bits per heavy atom. The van der Waals surface area contributed by atoms with Gasteiger partial charge in [0.1, 0.15) is 0 Å². The van der Waals surface area contributed by atoms with Gasteiger partial charge in [0, 0.05) is 12.5 Å². The second-order valence-corrected chi connectivity index (χ2v) is 5.05. The second-order valence-electron chi connectivity index (χ2n) is 5.05. The Morgan fingerprint density at radius 3 is 2.56 bits per heavy atom. The van der Waals surface area contributed by atoms with E-state index in [2.05, 4.69) is 25.3 Å². The number of anilines is 1. The van der Waals surface area contributed by atoms with E-state index in [4.69, 9.17) is 9.47 Å². The normalized spacial score (nSPS) is 10.5. The maximum absolute atomic E-state index is 11.1. The molecule has 0 aliphatic rings. The minimum Gasteiger partial charge on any atom is -0.493 e. The van der Waals surface area contributed by atoms with Gasteiger partial charge < -0.3 is 14.6 Å².